The van der Waals surface area contributed by atoms with Crippen LogP contribution in [-0.2, 0) is 14.3 Å². The molecule has 0 aromatic carbocycles. The van der Waals surface area contributed by atoms with Gasteiger partial charge in [-0.2, -0.15) is 0 Å². The van der Waals surface area contributed by atoms with Crippen LogP contribution < -0.4 is 5.32 Å². The van der Waals surface area contributed by atoms with Gasteiger partial charge in [0.1, 0.15) is 0 Å². The van der Waals surface area contributed by atoms with E-state index in [0.29, 0.717) is 25.9 Å². The topological polar surface area (TPSA) is 95.9 Å². The number of allylic oxidation sites excluding steroid dienone is 4. The zero-order valence-corrected chi connectivity index (χ0v) is 50.8. The second-order valence-electron chi connectivity index (χ2n) is 23.5. The van der Waals surface area contributed by atoms with Crippen molar-refractivity contribution < 1.29 is 24.5 Å². The summed E-state index contributed by atoms with van der Waals surface area (Å²) in [6.07, 6.45) is 80.6. The van der Waals surface area contributed by atoms with Crippen LogP contribution in [0.4, 0.5) is 0 Å². The van der Waals surface area contributed by atoms with Gasteiger partial charge in [0.25, 0.3) is 0 Å². The van der Waals surface area contributed by atoms with Crippen molar-refractivity contribution in [1.29, 1.82) is 0 Å². The van der Waals surface area contributed by atoms with Crippen molar-refractivity contribution in [2.24, 2.45) is 0 Å². The Hall–Kier alpha value is -1.66. The summed E-state index contributed by atoms with van der Waals surface area (Å²) in [4.78, 5) is 24.6. The first-order chi connectivity index (χ1) is 37.0. The fourth-order valence-corrected chi connectivity index (χ4v) is 10.8. The number of amides is 1. The van der Waals surface area contributed by atoms with Crippen molar-refractivity contribution in [3.8, 4) is 0 Å². The fourth-order valence-electron chi connectivity index (χ4n) is 10.8. The van der Waals surface area contributed by atoms with Gasteiger partial charge in [-0.15, -0.1) is 0 Å². The molecule has 0 spiro atoms. The van der Waals surface area contributed by atoms with Crippen LogP contribution in [0.3, 0.4) is 0 Å². The van der Waals surface area contributed by atoms with Crippen LogP contribution in [0.25, 0.3) is 0 Å². The predicted molar refractivity (Wildman–Crippen MR) is 329 cm³/mol. The molecule has 6 heteroatoms. The van der Waals surface area contributed by atoms with E-state index < -0.39 is 12.1 Å². The van der Waals surface area contributed by atoms with Gasteiger partial charge in [0.15, 0.2) is 0 Å². The van der Waals surface area contributed by atoms with E-state index in [1.807, 2.05) is 0 Å². The van der Waals surface area contributed by atoms with Crippen LogP contribution in [0.2, 0.25) is 0 Å². The molecule has 2 atom stereocenters. The maximum atomic E-state index is 12.5. The molecule has 444 valence electrons. The molecule has 0 aliphatic carbocycles. The first-order valence-corrected chi connectivity index (χ1v) is 34.1. The van der Waals surface area contributed by atoms with Crippen LogP contribution in [0.1, 0.15) is 380 Å². The average molecular weight is 1060 g/mol. The van der Waals surface area contributed by atoms with Gasteiger partial charge in [-0.25, -0.2) is 0 Å². The van der Waals surface area contributed by atoms with Gasteiger partial charge in [0.05, 0.1) is 25.4 Å². The monoisotopic (exact) mass is 1060 g/mol. The van der Waals surface area contributed by atoms with E-state index in [2.05, 4.69) is 43.5 Å². The lowest BCUT2D eigenvalue weighted by Gasteiger charge is -2.22. The number of ether oxygens (including phenoxy) is 1. The molecule has 0 rings (SSSR count). The van der Waals surface area contributed by atoms with Crippen molar-refractivity contribution in [3.63, 3.8) is 0 Å². The van der Waals surface area contributed by atoms with E-state index in [1.165, 1.54) is 295 Å². The number of unbranched alkanes of at least 4 members (excludes halogenated alkanes) is 49. The summed E-state index contributed by atoms with van der Waals surface area (Å²) in [5, 5.41) is 23.4. The first-order valence-electron chi connectivity index (χ1n) is 34.1. The number of aliphatic hydroxyl groups excluding tert-OH is 2. The van der Waals surface area contributed by atoms with Gasteiger partial charge in [-0.3, -0.25) is 9.59 Å². The SMILES string of the molecule is CCCCCC/C=C\C/C=C\CCCCCCCCCC(=O)OCCCCCCCCCCCCCCCCCCCCCC(=O)NC(CO)C(O)CCCCCCCCCCCCCCCCCCCCCCC. The van der Waals surface area contributed by atoms with Crippen LogP contribution in [0, 0.1) is 0 Å². The summed E-state index contributed by atoms with van der Waals surface area (Å²) in [5.41, 5.74) is 0. The standard InChI is InChI=1S/C69H133NO5/c1-3-5-7-9-11-13-15-17-19-21-23-24-26-29-33-37-41-45-49-53-57-61-67(72)66(65-71)70-68(73)62-58-54-50-46-42-38-34-30-27-25-28-32-36-40-44-48-52-56-60-64-75-69(74)63-59-55-51-47-43-39-35-31-22-20-18-16-14-12-10-8-6-4-2/h14,16,20,22,66-67,71-72H,3-13,15,17-19,21,23-65H2,1-2H3,(H,70,73)/b16-14-,22-20-. The Bertz CT molecular complexity index is 1170. The number of rotatable bonds is 64. The van der Waals surface area contributed by atoms with E-state index in [0.717, 1.165) is 51.4 Å². The third kappa shape index (κ3) is 61.4. The number of hydrogen-bond donors (Lipinski definition) is 3. The van der Waals surface area contributed by atoms with Crippen LogP contribution in [0.5, 0.6) is 0 Å². The van der Waals surface area contributed by atoms with E-state index in [-0.39, 0.29) is 18.5 Å². The lowest BCUT2D eigenvalue weighted by Crippen LogP contribution is -2.45. The highest BCUT2D eigenvalue weighted by molar-refractivity contribution is 5.76. The summed E-state index contributed by atoms with van der Waals surface area (Å²) in [6.45, 7) is 4.96. The molecule has 3 N–H and O–H groups in total. The Morgan fingerprint density at radius 2 is 0.667 bits per heavy atom. The van der Waals surface area contributed by atoms with Gasteiger partial charge >= 0.3 is 5.97 Å². The molecule has 2 unspecified atom stereocenters. The van der Waals surface area contributed by atoms with Crippen molar-refractivity contribution in [2.75, 3.05) is 13.2 Å². The summed E-state index contributed by atoms with van der Waals surface area (Å²) < 4.78 is 5.50. The highest BCUT2D eigenvalue weighted by Gasteiger charge is 2.20. The van der Waals surface area contributed by atoms with Gasteiger partial charge in [-0.05, 0) is 57.8 Å². The van der Waals surface area contributed by atoms with Crippen LogP contribution in [0.15, 0.2) is 24.3 Å². The third-order valence-electron chi connectivity index (χ3n) is 16.0. The number of esters is 1. The Kier molecular flexibility index (Phi) is 63.4. The Morgan fingerprint density at radius 3 is 1.03 bits per heavy atom. The molecule has 0 fully saturated rings. The minimum atomic E-state index is -0.668. The maximum Gasteiger partial charge on any atom is 0.305 e. The van der Waals surface area contributed by atoms with Gasteiger partial charge in [0.2, 0.25) is 5.91 Å². The summed E-state index contributed by atoms with van der Waals surface area (Å²) in [6, 6.07) is -0.545. The van der Waals surface area contributed by atoms with Gasteiger partial charge in [0, 0.05) is 12.8 Å². The number of carbonyl (C=O) groups excluding carboxylic acids is 2. The molecule has 0 aliphatic rings. The number of carbonyl (C=O) groups is 2. The molecule has 0 saturated heterocycles. The van der Waals surface area contributed by atoms with Crippen LogP contribution >= 0.6 is 0 Å². The molecule has 0 aromatic heterocycles. The molecule has 75 heavy (non-hydrogen) atoms. The summed E-state index contributed by atoms with van der Waals surface area (Å²) in [5.74, 6) is -0.0311. The Morgan fingerprint density at radius 1 is 0.373 bits per heavy atom. The third-order valence-corrected chi connectivity index (χ3v) is 16.0. The summed E-state index contributed by atoms with van der Waals surface area (Å²) >= 11 is 0. The van der Waals surface area contributed by atoms with Gasteiger partial charge < -0.3 is 20.3 Å². The summed E-state index contributed by atoms with van der Waals surface area (Å²) in [7, 11) is 0. The minimum absolute atomic E-state index is 0.00278. The van der Waals surface area contributed by atoms with E-state index in [9.17, 15) is 19.8 Å². The Labute approximate surface area is 469 Å². The largest absolute Gasteiger partial charge is 0.466 e. The molecule has 6 nitrogen and oxygen atoms in total. The first kappa shape index (κ1) is 73.3. The maximum absolute atomic E-state index is 12.5. The van der Waals surface area contributed by atoms with E-state index in [4.69, 9.17) is 4.74 Å². The van der Waals surface area contributed by atoms with Gasteiger partial charge in [-0.1, -0.05) is 334 Å². The molecule has 0 aliphatic heterocycles. The second-order valence-corrected chi connectivity index (χ2v) is 23.5. The molecular formula is C69H133NO5. The predicted octanol–water partition coefficient (Wildman–Crippen LogP) is 21.8. The van der Waals surface area contributed by atoms with Crippen molar-refractivity contribution >= 4 is 11.9 Å². The van der Waals surface area contributed by atoms with Crippen molar-refractivity contribution in [1.82, 2.24) is 5.32 Å². The second kappa shape index (κ2) is 64.9. The highest BCUT2D eigenvalue weighted by atomic mass is 16.5. The van der Waals surface area contributed by atoms with E-state index in [1.54, 1.807) is 0 Å². The quantitative estimate of drug-likeness (QED) is 0.0320. The minimum Gasteiger partial charge on any atom is -0.466 e. The number of aliphatic hydroxyl groups is 2. The molecule has 0 bridgehead atoms. The zero-order chi connectivity index (χ0) is 54.3. The molecule has 0 aromatic rings. The van der Waals surface area contributed by atoms with E-state index >= 15 is 0 Å². The average Bonchev–Trinajstić information content (AvgIpc) is 3.41. The van der Waals surface area contributed by atoms with Crippen molar-refractivity contribution in [3.05, 3.63) is 24.3 Å². The van der Waals surface area contributed by atoms with Crippen molar-refractivity contribution in [2.45, 2.75) is 392 Å². The molecular weight excluding hydrogens is 923 g/mol. The lowest BCUT2D eigenvalue weighted by molar-refractivity contribution is -0.143. The Balaban J connectivity index is 3.39. The normalized spacial score (nSPS) is 12.6. The highest BCUT2D eigenvalue weighted by Crippen LogP contribution is 2.19. The molecule has 1 amide bonds. The van der Waals surface area contributed by atoms with Crippen LogP contribution in [-0.4, -0.2) is 47.4 Å². The fraction of sp³-hybridized carbons (Fsp3) is 0.913. The molecule has 0 radical (unpaired) electrons. The number of hydrogen-bond acceptors (Lipinski definition) is 5. The zero-order valence-electron chi connectivity index (χ0n) is 50.8. The number of nitrogens with one attached hydrogen (secondary N) is 1. The molecule has 0 saturated carbocycles. The smallest absolute Gasteiger partial charge is 0.305 e. The lowest BCUT2D eigenvalue weighted by atomic mass is 10.0. The molecule has 0 heterocycles.